The van der Waals surface area contributed by atoms with Gasteiger partial charge >= 0.3 is 6.18 Å². The molecule has 2 atom stereocenters. The van der Waals surface area contributed by atoms with Crippen LogP contribution >= 0.6 is 23.2 Å². The summed E-state index contributed by atoms with van der Waals surface area (Å²) in [6, 6.07) is 9.21. The minimum Gasteiger partial charge on any atom is -0.363 e. The first-order valence-corrected chi connectivity index (χ1v) is 10.1. The standard InChI is InChI=1S/C21H17Cl2F3N4O/c1-11-2-4-12(5-3-11)17-9-18(21(24,25)26)30-19(29-17)16(10-27-30)20(31)28-15-7-13(22)6-14(23)8-15/h2-8,10,17-18,29H,9H2,1H3,(H,28,31)/t17-,18+/m1/s1. The van der Waals surface area contributed by atoms with E-state index in [1.54, 1.807) is 12.1 Å². The number of carbonyl (C=O) groups is 1. The maximum Gasteiger partial charge on any atom is 0.410 e. The van der Waals surface area contributed by atoms with Crippen molar-refractivity contribution in [3.8, 4) is 0 Å². The number of hydrogen-bond acceptors (Lipinski definition) is 3. The second-order valence-corrected chi connectivity index (χ2v) is 8.24. The topological polar surface area (TPSA) is 59.0 Å². The fourth-order valence-corrected chi connectivity index (χ4v) is 4.10. The van der Waals surface area contributed by atoms with Crippen molar-refractivity contribution in [3.05, 3.63) is 75.4 Å². The fourth-order valence-electron chi connectivity index (χ4n) is 3.57. The number of alkyl halides is 3. The van der Waals surface area contributed by atoms with Gasteiger partial charge in [-0.1, -0.05) is 53.0 Å². The molecule has 1 aromatic heterocycles. The largest absolute Gasteiger partial charge is 0.410 e. The molecule has 1 aliphatic rings. The van der Waals surface area contributed by atoms with E-state index < -0.39 is 24.2 Å². The van der Waals surface area contributed by atoms with E-state index in [2.05, 4.69) is 15.7 Å². The van der Waals surface area contributed by atoms with Gasteiger partial charge in [-0.3, -0.25) is 4.79 Å². The summed E-state index contributed by atoms with van der Waals surface area (Å²) >= 11 is 11.9. The van der Waals surface area contributed by atoms with Gasteiger partial charge in [0.1, 0.15) is 11.4 Å². The van der Waals surface area contributed by atoms with Crippen LogP contribution in [-0.2, 0) is 0 Å². The number of benzene rings is 2. The van der Waals surface area contributed by atoms with Crippen LogP contribution in [0, 0.1) is 6.92 Å². The molecule has 2 N–H and O–H groups in total. The molecule has 0 aliphatic carbocycles. The van der Waals surface area contributed by atoms with Gasteiger partial charge in [0.2, 0.25) is 0 Å². The van der Waals surface area contributed by atoms with Gasteiger partial charge in [-0.05, 0) is 30.7 Å². The molecular weight excluding hydrogens is 452 g/mol. The Balaban J connectivity index is 1.69. The van der Waals surface area contributed by atoms with Crippen molar-refractivity contribution in [2.24, 2.45) is 0 Å². The number of fused-ring (bicyclic) bond motifs is 1. The van der Waals surface area contributed by atoms with Crippen LogP contribution in [0.1, 0.15) is 40.0 Å². The van der Waals surface area contributed by atoms with Gasteiger partial charge in [0.05, 0.1) is 12.2 Å². The molecule has 5 nitrogen and oxygen atoms in total. The minimum absolute atomic E-state index is 0.00442. The lowest BCUT2D eigenvalue weighted by molar-refractivity contribution is -0.173. The Hall–Kier alpha value is -2.71. The lowest BCUT2D eigenvalue weighted by Crippen LogP contribution is -2.36. The Morgan fingerprint density at radius 1 is 1.16 bits per heavy atom. The first kappa shape index (κ1) is 21.5. The highest BCUT2D eigenvalue weighted by Gasteiger charge is 2.47. The molecule has 0 saturated carbocycles. The first-order valence-electron chi connectivity index (χ1n) is 9.36. The lowest BCUT2D eigenvalue weighted by Gasteiger charge is -2.34. The van der Waals surface area contributed by atoms with E-state index in [0.29, 0.717) is 21.3 Å². The van der Waals surface area contributed by atoms with Crippen molar-refractivity contribution in [2.75, 3.05) is 10.6 Å². The number of aromatic nitrogens is 2. The van der Waals surface area contributed by atoms with Crippen LogP contribution < -0.4 is 10.6 Å². The van der Waals surface area contributed by atoms with Crippen LogP contribution in [0.4, 0.5) is 24.7 Å². The highest BCUT2D eigenvalue weighted by Crippen LogP contribution is 2.44. The number of nitrogens with one attached hydrogen (secondary N) is 2. The van der Waals surface area contributed by atoms with E-state index in [4.69, 9.17) is 23.2 Å². The third-order valence-corrected chi connectivity index (χ3v) is 5.52. The van der Waals surface area contributed by atoms with Gasteiger partial charge in [0.15, 0.2) is 6.04 Å². The van der Waals surface area contributed by atoms with E-state index >= 15 is 0 Å². The monoisotopic (exact) mass is 468 g/mol. The Morgan fingerprint density at radius 3 is 2.42 bits per heavy atom. The second kappa shape index (κ2) is 8.09. The van der Waals surface area contributed by atoms with E-state index in [-0.39, 0.29) is 17.8 Å². The minimum atomic E-state index is -4.53. The molecule has 0 radical (unpaired) electrons. The molecule has 31 heavy (non-hydrogen) atoms. The molecule has 0 fully saturated rings. The normalized spacial score (nSPS) is 18.3. The zero-order chi connectivity index (χ0) is 22.3. The summed E-state index contributed by atoms with van der Waals surface area (Å²) in [7, 11) is 0. The van der Waals surface area contributed by atoms with Crippen molar-refractivity contribution in [1.29, 1.82) is 0 Å². The molecule has 0 unspecified atom stereocenters. The average Bonchev–Trinajstić information content (AvgIpc) is 3.10. The van der Waals surface area contributed by atoms with Gasteiger partial charge in [-0.2, -0.15) is 18.3 Å². The molecule has 2 heterocycles. The number of rotatable bonds is 3. The van der Waals surface area contributed by atoms with Crippen molar-refractivity contribution >= 4 is 40.6 Å². The number of halogens is 5. The number of hydrogen-bond donors (Lipinski definition) is 2. The average molecular weight is 469 g/mol. The molecule has 0 bridgehead atoms. The number of carbonyl (C=O) groups excluding carboxylic acids is 1. The molecule has 162 valence electrons. The third-order valence-electron chi connectivity index (χ3n) is 5.08. The van der Waals surface area contributed by atoms with Gasteiger partial charge < -0.3 is 10.6 Å². The highest BCUT2D eigenvalue weighted by atomic mass is 35.5. The predicted octanol–water partition coefficient (Wildman–Crippen LogP) is 6.41. The molecule has 2 aromatic carbocycles. The van der Waals surface area contributed by atoms with Crippen molar-refractivity contribution < 1.29 is 18.0 Å². The van der Waals surface area contributed by atoms with Crippen LogP contribution in [0.2, 0.25) is 10.0 Å². The van der Waals surface area contributed by atoms with E-state index in [1.165, 1.54) is 18.2 Å². The molecule has 0 spiro atoms. The summed E-state index contributed by atoms with van der Waals surface area (Å²) in [5.41, 5.74) is 2.00. The molecule has 1 aliphatic heterocycles. The van der Waals surface area contributed by atoms with Crippen molar-refractivity contribution in [2.45, 2.75) is 31.6 Å². The SMILES string of the molecule is Cc1ccc([C@H]2C[C@@H](C(F)(F)F)n3ncc(C(=O)Nc4cc(Cl)cc(Cl)c4)c3N2)cc1. The number of amides is 1. The maximum absolute atomic E-state index is 13.8. The molecule has 0 saturated heterocycles. The Kier molecular flexibility index (Phi) is 5.61. The zero-order valence-electron chi connectivity index (χ0n) is 16.2. The van der Waals surface area contributed by atoms with Crippen LogP contribution in [0.15, 0.2) is 48.7 Å². The number of nitrogens with zero attached hydrogens (tertiary/aromatic N) is 2. The van der Waals surface area contributed by atoms with Gasteiger partial charge in [0, 0.05) is 22.2 Å². The summed E-state index contributed by atoms with van der Waals surface area (Å²) in [6.07, 6.45) is -3.65. The Morgan fingerprint density at radius 2 is 1.81 bits per heavy atom. The third kappa shape index (κ3) is 4.50. The summed E-state index contributed by atoms with van der Waals surface area (Å²) in [4.78, 5) is 12.8. The lowest BCUT2D eigenvalue weighted by atomic mass is 9.96. The van der Waals surface area contributed by atoms with Crippen molar-refractivity contribution in [1.82, 2.24) is 9.78 Å². The van der Waals surface area contributed by atoms with Gasteiger partial charge in [-0.25, -0.2) is 4.68 Å². The van der Waals surface area contributed by atoms with E-state index in [9.17, 15) is 18.0 Å². The van der Waals surface area contributed by atoms with Crippen LogP contribution in [0.5, 0.6) is 0 Å². The zero-order valence-corrected chi connectivity index (χ0v) is 17.7. The first-order chi connectivity index (χ1) is 14.6. The maximum atomic E-state index is 13.8. The van der Waals surface area contributed by atoms with E-state index in [1.807, 2.05) is 19.1 Å². The Bertz CT molecular complexity index is 1110. The quantitative estimate of drug-likeness (QED) is 0.466. The second-order valence-electron chi connectivity index (χ2n) is 7.36. The predicted molar refractivity (Wildman–Crippen MR) is 114 cm³/mol. The summed E-state index contributed by atoms with van der Waals surface area (Å²) < 4.78 is 42.2. The van der Waals surface area contributed by atoms with Crippen LogP contribution in [-0.4, -0.2) is 21.9 Å². The molecule has 1 amide bonds. The van der Waals surface area contributed by atoms with Gasteiger partial charge in [-0.15, -0.1) is 0 Å². The molecule has 3 aromatic rings. The number of anilines is 2. The summed E-state index contributed by atoms with van der Waals surface area (Å²) in [5.74, 6) is -0.623. The smallest absolute Gasteiger partial charge is 0.363 e. The molecule has 10 heteroatoms. The Labute approximate surface area is 186 Å². The van der Waals surface area contributed by atoms with Crippen LogP contribution in [0.3, 0.4) is 0 Å². The fraction of sp³-hybridized carbons (Fsp3) is 0.238. The van der Waals surface area contributed by atoms with Crippen LogP contribution in [0.25, 0.3) is 0 Å². The highest BCUT2D eigenvalue weighted by molar-refractivity contribution is 6.35. The summed E-state index contributed by atoms with van der Waals surface area (Å²) in [6.45, 7) is 1.90. The molecule has 4 rings (SSSR count). The van der Waals surface area contributed by atoms with E-state index in [0.717, 1.165) is 16.4 Å². The number of aryl methyl sites for hydroxylation is 1. The summed E-state index contributed by atoms with van der Waals surface area (Å²) in [5, 5.41) is 10.2. The van der Waals surface area contributed by atoms with Gasteiger partial charge in [0.25, 0.3) is 5.91 Å². The molecular formula is C21H17Cl2F3N4O. The van der Waals surface area contributed by atoms with Crippen molar-refractivity contribution in [3.63, 3.8) is 0 Å².